The Morgan fingerprint density at radius 1 is 1.00 bits per heavy atom. The van der Waals surface area contributed by atoms with Crippen molar-refractivity contribution in [2.75, 3.05) is 0 Å². The number of carbonyl (C=O) groups is 2. The van der Waals surface area contributed by atoms with Crippen LogP contribution in [-0.2, 0) is 14.1 Å². The minimum absolute atomic E-state index is 0.168. The van der Waals surface area contributed by atoms with E-state index in [4.69, 9.17) is 0 Å². The van der Waals surface area contributed by atoms with Crippen LogP contribution in [0.5, 0.6) is 0 Å². The number of rotatable bonds is 4. The van der Waals surface area contributed by atoms with Gasteiger partial charge in [0, 0.05) is 26.5 Å². The Kier molecular flexibility index (Phi) is 2.86. The summed E-state index contributed by atoms with van der Waals surface area (Å²) in [5, 5.41) is 7.78. The summed E-state index contributed by atoms with van der Waals surface area (Å²) < 4.78 is 2.91. The number of ketones is 2. The Balaban J connectivity index is 2.13. The van der Waals surface area contributed by atoms with Crippen molar-refractivity contribution in [3.63, 3.8) is 0 Å². The first kappa shape index (κ1) is 11.3. The molecule has 6 nitrogen and oxygen atoms in total. The fraction of sp³-hybridized carbons (Fsp3) is 0.273. The Bertz CT molecular complexity index is 517. The number of hydrogen-bond donors (Lipinski definition) is 0. The van der Waals surface area contributed by atoms with E-state index in [2.05, 4.69) is 10.2 Å². The Morgan fingerprint density at radius 3 is 1.71 bits per heavy atom. The van der Waals surface area contributed by atoms with Crippen LogP contribution in [0.4, 0.5) is 0 Å². The first-order chi connectivity index (χ1) is 8.09. The SMILES string of the molecule is Cn1nccc1C(=O)CC(=O)c1ccnn1C. The highest BCUT2D eigenvalue weighted by Crippen LogP contribution is 2.07. The van der Waals surface area contributed by atoms with Gasteiger partial charge in [-0.3, -0.25) is 19.0 Å². The summed E-state index contributed by atoms with van der Waals surface area (Å²) in [6.45, 7) is 0. The van der Waals surface area contributed by atoms with Crippen molar-refractivity contribution in [2.45, 2.75) is 6.42 Å². The third-order valence-electron chi connectivity index (χ3n) is 2.53. The Labute approximate surface area is 97.9 Å². The number of aryl methyl sites for hydroxylation is 2. The maximum absolute atomic E-state index is 11.8. The van der Waals surface area contributed by atoms with E-state index >= 15 is 0 Å². The molecule has 2 aromatic heterocycles. The summed E-state index contributed by atoms with van der Waals surface area (Å²) >= 11 is 0. The summed E-state index contributed by atoms with van der Waals surface area (Å²) in [7, 11) is 3.34. The van der Waals surface area contributed by atoms with Gasteiger partial charge in [0.1, 0.15) is 11.4 Å². The monoisotopic (exact) mass is 232 g/mol. The van der Waals surface area contributed by atoms with Crippen molar-refractivity contribution in [2.24, 2.45) is 14.1 Å². The molecule has 2 heterocycles. The molecule has 0 aliphatic carbocycles. The molecular weight excluding hydrogens is 220 g/mol. The average molecular weight is 232 g/mol. The molecule has 0 radical (unpaired) electrons. The number of aromatic nitrogens is 4. The maximum atomic E-state index is 11.8. The van der Waals surface area contributed by atoms with Crippen LogP contribution >= 0.6 is 0 Å². The largest absolute Gasteiger partial charge is 0.292 e. The maximum Gasteiger partial charge on any atom is 0.188 e. The van der Waals surface area contributed by atoms with Crippen molar-refractivity contribution in [3.8, 4) is 0 Å². The van der Waals surface area contributed by atoms with Crippen molar-refractivity contribution < 1.29 is 9.59 Å². The topological polar surface area (TPSA) is 69.8 Å². The normalized spacial score (nSPS) is 10.5. The van der Waals surface area contributed by atoms with Gasteiger partial charge >= 0.3 is 0 Å². The summed E-state index contributed by atoms with van der Waals surface area (Å²) in [5.74, 6) is -0.479. The fourth-order valence-electron chi connectivity index (χ4n) is 1.62. The Hall–Kier alpha value is -2.24. The lowest BCUT2D eigenvalue weighted by Crippen LogP contribution is -2.14. The fourth-order valence-corrected chi connectivity index (χ4v) is 1.62. The standard InChI is InChI=1S/C11H12N4O2/c1-14-8(3-5-12-14)10(16)7-11(17)9-4-6-13-15(9)2/h3-6H,7H2,1-2H3. The van der Waals surface area contributed by atoms with Crippen molar-refractivity contribution in [3.05, 3.63) is 35.9 Å². The molecule has 0 bridgehead atoms. The quantitative estimate of drug-likeness (QED) is 0.572. The number of nitrogens with zero attached hydrogens (tertiary/aromatic N) is 4. The van der Waals surface area contributed by atoms with Gasteiger partial charge in [0.05, 0.1) is 6.42 Å². The van der Waals surface area contributed by atoms with Crippen molar-refractivity contribution in [1.29, 1.82) is 0 Å². The smallest absolute Gasteiger partial charge is 0.188 e. The minimum Gasteiger partial charge on any atom is -0.292 e. The van der Waals surface area contributed by atoms with Gasteiger partial charge in [0.25, 0.3) is 0 Å². The van der Waals surface area contributed by atoms with E-state index in [1.807, 2.05) is 0 Å². The molecule has 2 aromatic rings. The van der Waals surface area contributed by atoms with Gasteiger partial charge < -0.3 is 0 Å². The highest BCUT2D eigenvalue weighted by molar-refractivity contribution is 6.12. The molecule has 0 aromatic carbocycles. The molecule has 2 rings (SSSR count). The average Bonchev–Trinajstić information content (AvgIpc) is 2.86. The van der Waals surface area contributed by atoms with E-state index in [1.165, 1.54) is 21.8 Å². The molecule has 0 aliphatic rings. The second-order valence-electron chi connectivity index (χ2n) is 3.70. The number of Topliss-reactive ketones (excluding diaryl/α,β-unsaturated/α-hetero) is 2. The van der Waals surface area contributed by atoms with E-state index < -0.39 is 0 Å². The van der Waals surface area contributed by atoms with Crippen LogP contribution in [0.15, 0.2) is 24.5 Å². The highest BCUT2D eigenvalue weighted by Gasteiger charge is 2.17. The van der Waals surface area contributed by atoms with Gasteiger partial charge in [-0.1, -0.05) is 0 Å². The molecule has 17 heavy (non-hydrogen) atoms. The van der Waals surface area contributed by atoms with E-state index in [0.717, 1.165) is 0 Å². The molecule has 88 valence electrons. The molecule has 0 aliphatic heterocycles. The third-order valence-corrected chi connectivity index (χ3v) is 2.53. The van der Waals surface area contributed by atoms with Crippen LogP contribution in [0.3, 0.4) is 0 Å². The minimum atomic E-state index is -0.240. The lowest BCUT2D eigenvalue weighted by molar-refractivity contribution is 0.0884. The van der Waals surface area contributed by atoms with Crippen LogP contribution in [0.2, 0.25) is 0 Å². The molecule has 0 N–H and O–H groups in total. The van der Waals surface area contributed by atoms with E-state index in [0.29, 0.717) is 11.4 Å². The molecule has 0 atom stereocenters. The molecule has 0 saturated carbocycles. The first-order valence-electron chi connectivity index (χ1n) is 5.12. The number of hydrogen-bond acceptors (Lipinski definition) is 4. The molecule has 0 saturated heterocycles. The molecule has 0 unspecified atom stereocenters. The van der Waals surface area contributed by atoms with Crippen LogP contribution in [0, 0.1) is 0 Å². The van der Waals surface area contributed by atoms with Crippen LogP contribution in [-0.4, -0.2) is 31.1 Å². The number of carbonyl (C=O) groups excluding carboxylic acids is 2. The van der Waals surface area contributed by atoms with E-state index in [-0.39, 0.29) is 18.0 Å². The van der Waals surface area contributed by atoms with Crippen LogP contribution in [0.25, 0.3) is 0 Å². The lowest BCUT2D eigenvalue weighted by atomic mass is 10.1. The third kappa shape index (κ3) is 2.15. The second kappa shape index (κ2) is 4.32. The zero-order valence-electron chi connectivity index (χ0n) is 9.62. The van der Waals surface area contributed by atoms with Gasteiger partial charge in [-0.15, -0.1) is 0 Å². The van der Waals surface area contributed by atoms with Gasteiger partial charge in [-0.25, -0.2) is 0 Å². The van der Waals surface area contributed by atoms with Gasteiger partial charge in [-0.05, 0) is 12.1 Å². The first-order valence-corrected chi connectivity index (χ1v) is 5.12. The molecule has 0 spiro atoms. The summed E-state index contributed by atoms with van der Waals surface area (Å²) in [6.07, 6.45) is 2.89. The molecule has 0 fully saturated rings. The van der Waals surface area contributed by atoms with Gasteiger partial charge in [0.15, 0.2) is 11.6 Å². The second-order valence-corrected chi connectivity index (χ2v) is 3.70. The highest BCUT2D eigenvalue weighted by atomic mass is 16.1. The zero-order chi connectivity index (χ0) is 12.4. The predicted octanol–water partition coefficient (Wildman–Crippen LogP) is 0.609. The van der Waals surface area contributed by atoms with E-state index in [1.54, 1.807) is 26.2 Å². The molecule has 0 amide bonds. The molecule has 6 heteroatoms. The van der Waals surface area contributed by atoms with Crippen molar-refractivity contribution >= 4 is 11.6 Å². The summed E-state index contributed by atoms with van der Waals surface area (Å²) in [5.41, 5.74) is 0.862. The van der Waals surface area contributed by atoms with Crippen molar-refractivity contribution in [1.82, 2.24) is 19.6 Å². The zero-order valence-corrected chi connectivity index (χ0v) is 9.62. The Morgan fingerprint density at radius 2 is 1.41 bits per heavy atom. The van der Waals surface area contributed by atoms with Crippen LogP contribution in [0.1, 0.15) is 27.4 Å². The summed E-state index contributed by atoms with van der Waals surface area (Å²) in [4.78, 5) is 23.7. The molecular formula is C11H12N4O2. The van der Waals surface area contributed by atoms with E-state index in [9.17, 15) is 9.59 Å². The van der Waals surface area contributed by atoms with Crippen LogP contribution < -0.4 is 0 Å². The van der Waals surface area contributed by atoms with Gasteiger partial charge in [-0.2, -0.15) is 10.2 Å². The summed E-state index contributed by atoms with van der Waals surface area (Å²) in [6, 6.07) is 3.19. The van der Waals surface area contributed by atoms with Gasteiger partial charge in [0.2, 0.25) is 0 Å². The predicted molar refractivity (Wildman–Crippen MR) is 59.7 cm³/mol. The lowest BCUT2D eigenvalue weighted by Gasteiger charge is -2.01.